The summed E-state index contributed by atoms with van der Waals surface area (Å²) in [6, 6.07) is 11.3. The molecule has 0 unspecified atom stereocenters. The standard InChI is InChI=1S/C13H11NO4/c15-8-9-2-1-3-10(6-9)11-4-5-13(16)12(7-11)14(17)18/h1-7,15-16H,8H2. The molecule has 0 aliphatic rings. The Labute approximate surface area is 103 Å². The Hall–Kier alpha value is -2.40. The van der Waals surface area contributed by atoms with E-state index in [1.165, 1.54) is 12.1 Å². The molecule has 0 fully saturated rings. The summed E-state index contributed by atoms with van der Waals surface area (Å²) in [4.78, 5) is 10.1. The predicted octanol–water partition coefficient (Wildman–Crippen LogP) is 2.46. The molecule has 0 spiro atoms. The zero-order valence-electron chi connectivity index (χ0n) is 9.41. The summed E-state index contributed by atoms with van der Waals surface area (Å²) in [6.07, 6.45) is 0. The molecular weight excluding hydrogens is 234 g/mol. The van der Waals surface area contributed by atoms with Crippen LogP contribution in [-0.2, 0) is 6.61 Å². The van der Waals surface area contributed by atoms with E-state index in [0.29, 0.717) is 5.56 Å². The minimum atomic E-state index is -0.630. The Morgan fingerprint density at radius 2 is 1.83 bits per heavy atom. The maximum Gasteiger partial charge on any atom is 0.311 e. The number of aromatic hydroxyl groups is 1. The Balaban J connectivity index is 2.50. The number of benzene rings is 2. The normalized spacial score (nSPS) is 10.3. The monoisotopic (exact) mass is 245 g/mol. The summed E-state index contributed by atoms with van der Waals surface area (Å²) in [5.74, 6) is -0.359. The van der Waals surface area contributed by atoms with Crippen LogP contribution in [0.4, 0.5) is 5.69 Å². The van der Waals surface area contributed by atoms with Gasteiger partial charge < -0.3 is 10.2 Å². The predicted molar refractivity (Wildman–Crippen MR) is 66.1 cm³/mol. The van der Waals surface area contributed by atoms with Crippen LogP contribution in [0.5, 0.6) is 5.75 Å². The van der Waals surface area contributed by atoms with Crippen molar-refractivity contribution in [2.75, 3.05) is 0 Å². The molecule has 0 saturated carbocycles. The van der Waals surface area contributed by atoms with Gasteiger partial charge in [-0.25, -0.2) is 0 Å². The molecule has 2 N–H and O–H groups in total. The van der Waals surface area contributed by atoms with Gasteiger partial charge in [0.2, 0.25) is 0 Å². The quantitative estimate of drug-likeness (QED) is 0.642. The maximum atomic E-state index is 10.7. The molecule has 0 aliphatic carbocycles. The number of aliphatic hydroxyl groups excluding tert-OH is 1. The SMILES string of the molecule is O=[N+]([O-])c1cc(-c2cccc(CO)c2)ccc1O. The van der Waals surface area contributed by atoms with E-state index < -0.39 is 4.92 Å². The lowest BCUT2D eigenvalue weighted by Gasteiger charge is -2.04. The summed E-state index contributed by atoms with van der Waals surface area (Å²) in [7, 11) is 0. The van der Waals surface area contributed by atoms with Gasteiger partial charge in [-0.15, -0.1) is 0 Å². The molecule has 0 aromatic heterocycles. The van der Waals surface area contributed by atoms with Crippen LogP contribution in [0.3, 0.4) is 0 Å². The van der Waals surface area contributed by atoms with Crippen molar-refractivity contribution in [3.05, 3.63) is 58.1 Å². The number of hydrogen-bond donors (Lipinski definition) is 2. The van der Waals surface area contributed by atoms with Gasteiger partial charge in [-0.3, -0.25) is 10.1 Å². The fourth-order valence-corrected chi connectivity index (χ4v) is 1.70. The number of aliphatic hydroxyl groups is 1. The maximum absolute atomic E-state index is 10.7. The number of nitro groups is 1. The number of nitrogens with zero attached hydrogens (tertiary/aromatic N) is 1. The van der Waals surface area contributed by atoms with Gasteiger partial charge in [-0.1, -0.05) is 24.3 Å². The number of phenols is 1. The van der Waals surface area contributed by atoms with Crippen LogP contribution in [-0.4, -0.2) is 15.1 Å². The van der Waals surface area contributed by atoms with Crippen molar-refractivity contribution in [2.45, 2.75) is 6.61 Å². The molecule has 5 nitrogen and oxygen atoms in total. The third-order valence-corrected chi connectivity index (χ3v) is 2.62. The van der Waals surface area contributed by atoms with Gasteiger partial charge in [-0.05, 0) is 28.8 Å². The van der Waals surface area contributed by atoms with E-state index in [2.05, 4.69) is 0 Å². The molecule has 2 rings (SSSR count). The first-order chi connectivity index (χ1) is 8.61. The Morgan fingerprint density at radius 3 is 2.50 bits per heavy atom. The van der Waals surface area contributed by atoms with Gasteiger partial charge in [0.25, 0.3) is 0 Å². The Bertz CT molecular complexity index is 595. The zero-order valence-corrected chi connectivity index (χ0v) is 9.41. The van der Waals surface area contributed by atoms with Crippen molar-refractivity contribution in [2.24, 2.45) is 0 Å². The molecular formula is C13H11NO4. The average molecular weight is 245 g/mol. The number of rotatable bonds is 3. The second-order valence-corrected chi connectivity index (χ2v) is 3.82. The molecule has 0 amide bonds. The summed E-state index contributed by atoms with van der Waals surface area (Å²) in [5, 5.41) is 29.2. The molecule has 0 bridgehead atoms. The fourth-order valence-electron chi connectivity index (χ4n) is 1.70. The van der Waals surface area contributed by atoms with E-state index in [1.807, 2.05) is 0 Å². The van der Waals surface area contributed by atoms with Crippen LogP contribution in [0.25, 0.3) is 11.1 Å². The van der Waals surface area contributed by atoms with Gasteiger partial charge in [0.15, 0.2) is 5.75 Å². The molecule has 18 heavy (non-hydrogen) atoms. The van der Waals surface area contributed by atoms with Crippen LogP contribution >= 0.6 is 0 Å². The van der Waals surface area contributed by atoms with Crippen molar-refractivity contribution < 1.29 is 15.1 Å². The van der Waals surface area contributed by atoms with Crippen molar-refractivity contribution >= 4 is 5.69 Å². The lowest BCUT2D eigenvalue weighted by molar-refractivity contribution is -0.385. The summed E-state index contributed by atoms with van der Waals surface area (Å²) in [5.41, 5.74) is 1.77. The van der Waals surface area contributed by atoms with Gasteiger partial charge in [-0.2, -0.15) is 0 Å². The van der Waals surface area contributed by atoms with E-state index in [1.54, 1.807) is 30.3 Å². The molecule has 0 radical (unpaired) electrons. The lowest BCUT2D eigenvalue weighted by Crippen LogP contribution is -1.90. The molecule has 92 valence electrons. The molecule has 5 heteroatoms. The van der Waals surface area contributed by atoms with Crippen LogP contribution in [0.2, 0.25) is 0 Å². The van der Waals surface area contributed by atoms with Gasteiger partial charge in [0.1, 0.15) is 0 Å². The highest BCUT2D eigenvalue weighted by molar-refractivity contribution is 5.69. The van der Waals surface area contributed by atoms with Gasteiger partial charge >= 0.3 is 5.69 Å². The molecule has 2 aromatic carbocycles. The third kappa shape index (κ3) is 2.31. The van der Waals surface area contributed by atoms with Crippen LogP contribution < -0.4 is 0 Å². The van der Waals surface area contributed by atoms with Crippen molar-refractivity contribution in [3.63, 3.8) is 0 Å². The Kier molecular flexibility index (Phi) is 3.25. The van der Waals surface area contributed by atoms with Crippen LogP contribution in [0.15, 0.2) is 42.5 Å². The third-order valence-electron chi connectivity index (χ3n) is 2.62. The van der Waals surface area contributed by atoms with Crippen molar-refractivity contribution in [3.8, 4) is 16.9 Å². The van der Waals surface area contributed by atoms with Crippen molar-refractivity contribution in [1.82, 2.24) is 0 Å². The first-order valence-electron chi connectivity index (χ1n) is 5.29. The highest BCUT2D eigenvalue weighted by Gasteiger charge is 2.14. The average Bonchev–Trinajstić information content (AvgIpc) is 2.39. The first kappa shape index (κ1) is 12.1. The summed E-state index contributed by atoms with van der Waals surface area (Å²) >= 11 is 0. The van der Waals surface area contributed by atoms with E-state index in [9.17, 15) is 15.2 Å². The Morgan fingerprint density at radius 1 is 1.11 bits per heavy atom. The number of hydrogen-bond acceptors (Lipinski definition) is 4. The van der Waals surface area contributed by atoms with E-state index in [0.717, 1.165) is 11.1 Å². The minimum absolute atomic E-state index is 0.0893. The van der Waals surface area contributed by atoms with Gasteiger partial charge in [0.05, 0.1) is 11.5 Å². The lowest BCUT2D eigenvalue weighted by atomic mass is 10.0. The highest BCUT2D eigenvalue weighted by Crippen LogP contribution is 2.31. The molecule has 2 aromatic rings. The highest BCUT2D eigenvalue weighted by atomic mass is 16.6. The van der Waals surface area contributed by atoms with Crippen molar-refractivity contribution in [1.29, 1.82) is 0 Å². The largest absolute Gasteiger partial charge is 0.502 e. The van der Waals surface area contributed by atoms with Crippen LogP contribution in [0.1, 0.15) is 5.56 Å². The minimum Gasteiger partial charge on any atom is -0.502 e. The number of phenolic OH excluding ortho intramolecular Hbond substituents is 1. The summed E-state index contributed by atoms with van der Waals surface area (Å²) < 4.78 is 0. The van der Waals surface area contributed by atoms with E-state index in [4.69, 9.17) is 5.11 Å². The fraction of sp³-hybridized carbons (Fsp3) is 0.0769. The first-order valence-corrected chi connectivity index (χ1v) is 5.29. The smallest absolute Gasteiger partial charge is 0.311 e. The topological polar surface area (TPSA) is 83.6 Å². The van der Waals surface area contributed by atoms with E-state index in [-0.39, 0.29) is 18.0 Å². The molecule has 0 heterocycles. The second-order valence-electron chi connectivity index (χ2n) is 3.82. The van der Waals surface area contributed by atoms with Gasteiger partial charge in [0, 0.05) is 6.07 Å². The molecule has 0 aliphatic heterocycles. The molecule has 0 atom stereocenters. The summed E-state index contributed by atoms with van der Waals surface area (Å²) in [6.45, 7) is -0.0893. The second kappa shape index (κ2) is 4.85. The zero-order chi connectivity index (χ0) is 13.1. The van der Waals surface area contributed by atoms with Crippen LogP contribution in [0, 0.1) is 10.1 Å². The molecule has 0 saturated heterocycles. The number of nitro benzene ring substituents is 1. The van der Waals surface area contributed by atoms with E-state index >= 15 is 0 Å².